The number of nitrogen functional groups attached to an aromatic ring is 1. The molecule has 0 aliphatic carbocycles. The van der Waals surface area contributed by atoms with Gasteiger partial charge in [0.2, 0.25) is 5.88 Å². The van der Waals surface area contributed by atoms with E-state index in [9.17, 15) is 0 Å². The fourth-order valence-electron chi connectivity index (χ4n) is 1.81. The Morgan fingerprint density at radius 1 is 1.28 bits per heavy atom. The summed E-state index contributed by atoms with van der Waals surface area (Å²) < 4.78 is 6.25. The van der Waals surface area contributed by atoms with Crippen LogP contribution in [0.15, 0.2) is 18.3 Å². The zero-order valence-electron chi connectivity index (χ0n) is 9.93. The summed E-state index contributed by atoms with van der Waals surface area (Å²) in [6.07, 6.45) is 1.82. The van der Waals surface area contributed by atoms with Crippen LogP contribution in [0.25, 0.3) is 20.7 Å². The highest BCUT2D eigenvalue weighted by atomic mass is 32.1. The number of aromatic nitrogens is 2. The number of anilines is 1. The first-order valence-electron chi connectivity index (χ1n) is 5.35. The van der Waals surface area contributed by atoms with Gasteiger partial charge >= 0.3 is 0 Å². The molecule has 18 heavy (non-hydrogen) atoms. The van der Waals surface area contributed by atoms with Crippen LogP contribution in [0.2, 0.25) is 0 Å². The summed E-state index contributed by atoms with van der Waals surface area (Å²) in [6.45, 7) is 2.09. The van der Waals surface area contributed by atoms with Gasteiger partial charge in [0, 0.05) is 21.5 Å². The third-order valence-corrected chi connectivity index (χ3v) is 4.55. The topological polar surface area (TPSA) is 61.0 Å². The molecule has 0 atom stereocenters. The van der Waals surface area contributed by atoms with Gasteiger partial charge in [0.05, 0.1) is 11.8 Å². The van der Waals surface area contributed by atoms with Crippen molar-refractivity contribution < 1.29 is 4.74 Å². The maximum absolute atomic E-state index is 5.79. The molecular formula is C12H11N3OS2. The summed E-state index contributed by atoms with van der Waals surface area (Å²) in [5, 5.41) is 0.533. The van der Waals surface area contributed by atoms with E-state index in [1.54, 1.807) is 18.4 Å². The molecular weight excluding hydrogens is 266 g/mol. The lowest BCUT2D eigenvalue weighted by Crippen LogP contribution is -1.90. The molecule has 0 saturated heterocycles. The van der Waals surface area contributed by atoms with Crippen molar-refractivity contribution >= 4 is 38.0 Å². The number of pyridine rings is 1. The second-order valence-electron chi connectivity index (χ2n) is 3.82. The molecule has 0 aliphatic heterocycles. The first kappa shape index (κ1) is 11.4. The number of rotatable bonds is 2. The van der Waals surface area contributed by atoms with Crippen LogP contribution in [0.5, 0.6) is 5.88 Å². The number of fused-ring (bicyclic) bond motifs is 1. The maximum Gasteiger partial charge on any atom is 0.241 e. The highest BCUT2D eigenvalue weighted by Crippen LogP contribution is 2.39. The maximum atomic E-state index is 5.79. The van der Waals surface area contributed by atoms with Gasteiger partial charge in [0.1, 0.15) is 5.52 Å². The quantitative estimate of drug-likeness (QED) is 0.780. The van der Waals surface area contributed by atoms with E-state index < -0.39 is 0 Å². The fourth-order valence-corrected chi connectivity index (χ4v) is 3.61. The Morgan fingerprint density at radius 2 is 2.11 bits per heavy atom. The Hall–Kier alpha value is -1.66. The van der Waals surface area contributed by atoms with E-state index in [1.165, 1.54) is 21.1 Å². The average Bonchev–Trinajstić information content (AvgIpc) is 2.93. The normalized spacial score (nSPS) is 11.0. The minimum atomic E-state index is 0.523. The third-order valence-electron chi connectivity index (χ3n) is 2.60. The van der Waals surface area contributed by atoms with Gasteiger partial charge in [0.25, 0.3) is 0 Å². The number of ether oxygens (including phenoxy) is 1. The van der Waals surface area contributed by atoms with Crippen molar-refractivity contribution in [3.8, 4) is 16.3 Å². The van der Waals surface area contributed by atoms with Crippen LogP contribution in [0.3, 0.4) is 0 Å². The standard InChI is InChI=1S/C12H11N3OS2/c1-6-3-4-8(17-6)7-5-14-11(16-2)9-10(7)18-12(13)15-9/h3-5H,1-2H3,(H2,13,15). The highest BCUT2D eigenvalue weighted by Gasteiger charge is 2.15. The highest BCUT2D eigenvalue weighted by molar-refractivity contribution is 7.23. The second kappa shape index (κ2) is 4.22. The molecule has 3 heterocycles. The Balaban J connectivity index is 2.30. The molecule has 3 aromatic rings. The van der Waals surface area contributed by atoms with E-state index in [2.05, 4.69) is 29.0 Å². The average molecular weight is 277 g/mol. The minimum absolute atomic E-state index is 0.523. The van der Waals surface area contributed by atoms with Gasteiger partial charge in [-0.05, 0) is 19.1 Å². The molecule has 0 aromatic carbocycles. The van der Waals surface area contributed by atoms with Gasteiger partial charge < -0.3 is 10.5 Å². The lowest BCUT2D eigenvalue weighted by Gasteiger charge is -2.02. The number of thiophene rings is 1. The van der Waals surface area contributed by atoms with Crippen molar-refractivity contribution in [3.63, 3.8) is 0 Å². The molecule has 0 bridgehead atoms. The van der Waals surface area contributed by atoms with Crippen LogP contribution in [-0.2, 0) is 0 Å². The zero-order valence-corrected chi connectivity index (χ0v) is 11.6. The summed E-state index contributed by atoms with van der Waals surface area (Å²) in [5.74, 6) is 0.523. The van der Waals surface area contributed by atoms with Crippen LogP contribution in [0.1, 0.15) is 4.88 Å². The molecule has 0 saturated carbocycles. The minimum Gasteiger partial charge on any atom is -0.479 e. The number of methoxy groups -OCH3 is 1. The predicted molar refractivity (Wildman–Crippen MR) is 76.4 cm³/mol. The molecule has 0 unspecified atom stereocenters. The zero-order chi connectivity index (χ0) is 12.7. The number of aryl methyl sites for hydroxylation is 1. The first-order chi connectivity index (χ1) is 8.69. The van der Waals surface area contributed by atoms with E-state index in [0.717, 1.165) is 15.8 Å². The first-order valence-corrected chi connectivity index (χ1v) is 6.98. The van der Waals surface area contributed by atoms with Gasteiger partial charge in [-0.3, -0.25) is 0 Å². The van der Waals surface area contributed by atoms with E-state index >= 15 is 0 Å². The van der Waals surface area contributed by atoms with E-state index in [-0.39, 0.29) is 0 Å². The number of hydrogen-bond donors (Lipinski definition) is 1. The summed E-state index contributed by atoms with van der Waals surface area (Å²) in [6, 6.07) is 4.19. The van der Waals surface area contributed by atoms with Crippen molar-refractivity contribution in [2.24, 2.45) is 0 Å². The lowest BCUT2D eigenvalue weighted by molar-refractivity contribution is 0.402. The number of hydrogen-bond acceptors (Lipinski definition) is 6. The largest absolute Gasteiger partial charge is 0.479 e. The molecule has 0 aliphatic rings. The van der Waals surface area contributed by atoms with Crippen LogP contribution < -0.4 is 10.5 Å². The smallest absolute Gasteiger partial charge is 0.241 e. The molecule has 0 amide bonds. The molecule has 4 nitrogen and oxygen atoms in total. The lowest BCUT2D eigenvalue weighted by atomic mass is 10.2. The van der Waals surface area contributed by atoms with E-state index in [1.807, 2.05) is 6.20 Å². The molecule has 3 aromatic heterocycles. The molecule has 6 heteroatoms. The van der Waals surface area contributed by atoms with Gasteiger partial charge in [-0.15, -0.1) is 11.3 Å². The Bertz CT molecular complexity index is 717. The monoisotopic (exact) mass is 277 g/mol. The van der Waals surface area contributed by atoms with Crippen LogP contribution >= 0.6 is 22.7 Å². The number of nitrogens with two attached hydrogens (primary N) is 1. The Kier molecular flexibility index (Phi) is 2.68. The van der Waals surface area contributed by atoms with Gasteiger partial charge in [-0.2, -0.15) is 0 Å². The SMILES string of the molecule is COc1ncc(-c2ccc(C)s2)c2sc(N)nc12. The molecule has 3 rings (SSSR count). The molecule has 0 spiro atoms. The van der Waals surface area contributed by atoms with Crippen LogP contribution in [0, 0.1) is 6.92 Å². The van der Waals surface area contributed by atoms with Gasteiger partial charge in [-0.1, -0.05) is 11.3 Å². The van der Waals surface area contributed by atoms with Crippen molar-refractivity contribution in [2.75, 3.05) is 12.8 Å². The van der Waals surface area contributed by atoms with E-state index in [0.29, 0.717) is 11.0 Å². The molecule has 2 N–H and O–H groups in total. The Labute approximate surface area is 112 Å². The Morgan fingerprint density at radius 3 is 2.78 bits per heavy atom. The second-order valence-corrected chi connectivity index (χ2v) is 6.14. The third kappa shape index (κ3) is 1.74. The van der Waals surface area contributed by atoms with Crippen molar-refractivity contribution in [1.29, 1.82) is 0 Å². The molecule has 92 valence electrons. The van der Waals surface area contributed by atoms with Crippen LogP contribution in [0.4, 0.5) is 5.13 Å². The molecule has 0 fully saturated rings. The summed E-state index contributed by atoms with van der Waals surface area (Å²) in [4.78, 5) is 11.0. The van der Waals surface area contributed by atoms with Crippen molar-refractivity contribution in [2.45, 2.75) is 6.92 Å². The van der Waals surface area contributed by atoms with Crippen LogP contribution in [-0.4, -0.2) is 17.1 Å². The molecule has 0 radical (unpaired) electrons. The van der Waals surface area contributed by atoms with Crippen molar-refractivity contribution in [3.05, 3.63) is 23.2 Å². The predicted octanol–water partition coefficient (Wildman–Crippen LogP) is 3.32. The van der Waals surface area contributed by atoms with Gasteiger partial charge in [-0.25, -0.2) is 9.97 Å². The summed E-state index contributed by atoms with van der Waals surface area (Å²) in [5.41, 5.74) is 7.60. The number of nitrogens with zero attached hydrogens (tertiary/aromatic N) is 2. The summed E-state index contributed by atoms with van der Waals surface area (Å²) >= 11 is 3.20. The number of thiazole rings is 1. The van der Waals surface area contributed by atoms with Gasteiger partial charge in [0.15, 0.2) is 5.13 Å². The van der Waals surface area contributed by atoms with E-state index in [4.69, 9.17) is 10.5 Å². The van der Waals surface area contributed by atoms with Crippen molar-refractivity contribution in [1.82, 2.24) is 9.97 Å². The fraction of sp³-hybridized carbons (Fsp3) is 0.167. The summed E-state index contributed by atoms with van der Waals surface area (Å²) in [7, 11) is 1.59.